The van der Waals surface area contributed by atoms with E-state index in [9.17, 15) is 10.2 Å². The van der Waals surface area contributed by atoms with E-state index in [0.717, 1.165) is 12.0 Å². The van der Waals surface area contributed by atoms with Crippen molar-refractivity contribution in [1.29, 1.82) is 0 Å². The van der Waals surface area contributed by atoms with Crippen molar-refractivity contribution >= 4 is 0 Å². The number of allylic oxidation sites excluding steroid dienone is 3. The van der Waals surface area contributed by atoms with Gasteiger partial charge < -0.3 is 10.2 Å². The monoisotopic (exact) mass is 216 g/mol. The summed E-state index contributed by atoms with van der Waals surface area (Å²) >= 11 is 0. The minimum absolute atomic E-state index is 0.000191. The molecule has 1 aromatic rings. The summed E-state index contributed by atoms with van der Waals surface area (Å²) < 4.78 is 0. The number of aliphatic hydroxyl groups is 2. The maximum Gasteiger partial charge on any atom is 0.105 e. The van der Waals surface area contributed by atoms with E-state index in [2.05, 4.69) is 0 Å². The van der Waals surface area contributed by atoms with Crippen molar-refractivity contribution in [2.24, 2.45) is 5.92 Å². The molecule has 2 heteroatoms. The molecular formula is C14H16O2. The fourth-order valence-electron chi connectivity index (χ4n) is 1.93. The molecule has 84 valence electrons. The van der Waals surface area contributed by atoms with Crippen molar-refractivity contribution in [1.82, 2.24) is 0 Å². The van der Waals surface area contributed by atoms with Crippen molar-refractivity contribution in [2.75, 3.05) is 0 Å². The van der Waals surface area contributed by atoms with Crippen LogP contribution in [0.15, 0.2) is 54.6 Å². The van der Waals surface area contributed by atoms with E-state index >= 15 is 0 Å². The average Bonchev–Trinajstić information content (AvgIpc) is 2.39. The van der Waals surface area contributed by atoms with Crippen LogP contribution in [-0.2, 0) is 0 Å². The molecule has 0 heterocycles. The third-order valence-corrected chi connectivity index (χ3v) is 2.92. The van der Waals surface area contributed by atoms with Gasteiger partial charge in [0.05, 0.1) is 6.10 Å². The number of rotatable bonds is 3. The lowest BCUT2D eigenvalue weighted by atomic mass is 9.89. The molecule has 0 unspecified atom stereocenters. The molecular weight excluding hydrogens is 200 g/mol. The zero-order chi connectivity index (χ0) is 11.4. The van der Waals surface area contributed by atoms with Gasteiger partial charge in [-0.2, -0.15) is 0 Å². The van der Waals surface area contributed by atoms with Crippen LogP contribution in [0.3, 0.4) is 0 Å². The van der Waals surface area contributed by atoms with Crippen LogP contribution in [0, 0.1) is 5.92 Å². The minimum atomic E-state index is -0.817. The average molecular weight is 216 g/mol. The number of aliphatic hydroxyl groups excluding tert-OH is 2. The summed E-state index contributed by atoms with van der Waals surface area (Å²) in [4.78, 5) is 0. The quantitative estimate of drug-likeness (QED) is 0.813. The van der Waals surface area contributed by atoms with Crippen LogP contribution in [0.5, 0.6) is 0 Å². The van der Waals surface area contributed by atoms with Crippen LogP contribution in [0.4, 0.5) is 0 Å². The second kappa shape index (κ2) is 5.10. The van der Waals surface area contributed by atoms with E-state index in [0.29, 0.717) is 0 Å². The van der Waals surface area contributed by atoms with Gasteiger partial charge in [0.15, 0.2) is 0 Å². The first kappa shape index (κ1) is 11.1. The predicted octanol–water partition coefficient (Wildman–Crippen LogP) is 2.21. The van der Waals surface area contributed by atoms with Gasteiger partial charge in [-0.15, -0.1) is 0 Å². The number of hydrogen-bond donors (Lipinski definition) is 2. The lowest BCUT2D eigenvalue weighted by molar-refractivity contribution is -0.00631. The Morgan fingerprint density at radius 1 is 1.06 bits per heavy atom. The first-order valence-electron chi connectivity index (χ1n) is 5.53. The van der Waals surface area contributed by atoms with Crippen LogP contribution < -0.4 is 0 Å². The molecule has 2 nitrogen and oxygen atoms in total. The standard InChI is InChI=1S/C14H16O2/c15-13(11-7-3-1-4-8-11)14(16)12-9-5-2-6-10-12/h1-9,12-16H,10H2/t12-,13+,14+/m1/s1. The second-order valence-electron chi connectivity index (χ2n) is 4.06. The Hall–Kier alpha value is -1.38. The second-order valence-corrected chi connectivity index (χ2v) is 4.06. The van der Waals surface area contributed by atoms with E-state index in [1.165, 1.54) is 0 Å². The Morgan fingerprint density at radius 2 is 1.81 bits per heavy atom. The summed E-state index contributed by atoms with van der Waals surface area (Å²) in [5.74, 6) is 0.000191. The van der Waals surface area contributed by atoms with Gasteiger partial charge in [-0.1, -0.05) is 54.6 Å². The summed E-state index contributed by atoms with van der Waals surface area (Å²) in [6.45, 7) is 0. The van der Waals surface area contributed by atoms with Gasteiger partial charge in [0, 0.05) is 5.92 Å². The van der Waals surface area contributed by atoms with Gasteiger partial charge in [0.25, 0.3) is 0 Å². The summed E-state index contributed by atoms with van der Waals surface area (Å²) in [6, 6.07) is 9.28. The predicted molar refractivity (Wildman–Crippen MR) is 63.8 cm³/mol. The Labute approximate surface area is 95.6 Å². The highest BCUT2D eigenvalue weighted by Crippen LogP contribution is 2.26. The van der Waals surface area contributed by atoms with Gasteiger partial charge in [-0.25, -0.2) is 0 Å². The van der Waals surface area contributed by atoms with Crippen molar-refractivity contribution < 1.29 is 10.2 Å². The van der Waals surface area contributed by atoms with Crippen LogP contribution in [0.1, 0.15) is 18.1 Å². The SMILES string of the molecule is O[C@@H]([C@@H]1C=CC=CC1)[C@@H](O)c1ccccc1. The van der Waals surface area contributed by atoms with E-state index in [1.807, 2.05) is 54.6 Å². The van der Waals surface area contributed by atoms with E-state index < -0.39 is 12.2 Å². The highest BCUT2D eigenvalue weighted by molar-refractivity contribution is 5.20. The molecule has 16 heavy (non-hydrogen) atoms. The summed E-state index contributed by atoms with van der Waals surface area (Å²) in [6.07, 6.45) is 7.03. The molecule has 0 spiro atoms. The number of hydrogen-bond acceptors (Lipinski definition) is 2. The molecule has 1 aliphatic rings. The maximum absolute atomic E-state index is 10.1. The van der Waals surface area contributed by atoms with Crippen LogP contribution >= 0.6 is 0 Å². The largest absolute Gasteiger partial charge is 0.389 e. The van der Waals surface area contributed by atoms with Crippen molar-refractivity contribution in [2.45, 2.75) is 18.6 Å². The third kappa shape index (κ3) is 2.40. The molecule has 0 aliphatic heterocycles. The van der Waals surface area contributed by atoms with Crippen LogP contribution in [-0.4, -0.2) is 16.3 Å². The number of benzene rings is 1. The molecule has 0 saturated heterocycles. The minimum Gasteiger partial charge on any atom is -0.389 e. The van der Waals surface area contributed by atoms with E-state index in [-0.39, 0.29) is 5.92 Å². The van der Waals surface area contributed by atoms with Crippen LogP contribution in [0.25, 0.3) is 0 Å². The van der Waals surface area contributed by atoms with Gasteiger partial charge in [0.1, 0.15) is 6.10 Å². The molecule has 0 radical (unpaired) electrons. The van der Waals surface area contributed by atoms with Crippen molar-refractivity contribution in [3.63, 3.8) is 0 Å². The summed E-state index contributed by atoms with van der Waals surface area (Å²) in [5, 5.41) is 20.1. The lowest BCUT2D eigenvalue weighted by Crippen LogP contribution is -2.26. The Bertz CT molecular complexity index is 381. The zero-order valence-corrected chi connectivity index (χ0v) is 9.03. The molecule has 0 aromatic heterocycles. The molecule has 0 bridgehead atoms. The molecule has 2 N–H and O–H groups in total. The molecule has 1 aromatic carbocycles. The van der Waals surface area contributed by atoms with E-state index in [1.54, 1.807) is 0 Å². The Kier molecular flexibility index (Phi) is 3.54. The Morgan fingerprint density at radius 3 is 2.44 bits per heavy atom. The highest BCUT2D eigenvalue weighted by atomic mass is 16.3. The first-order valence-corrected chi connectivity index (χ1v) is 5.53. The molecule has 2 rings (SSSR count). The molecule has 1 aliphatic carbocycles. The molecule has 0 amide bonds. The smallest absolute Gasteiger partial charge is 0.105 e. The lowest BCUT2D eigenvalue weighted by Gasteiger charge is -2.25. The van der Waals surface area contributed by atoms with Crippen molar-refractivity contribution in [3.8, 4) is 0 Å². The fourth-order valence-corrected chi connectivity index (χ4v) is 1.93. The van der Waals surface area contributed by atoms with E-state index in [4.69, 9.17) is 0 Å². The molecule has 0 saturated carbocycles. The summed E-state index contributed by atoms with van der Waals surface area (Å²) in [7, 11) is 0. The maximum atomic E-state index is 10.1. The van der Waals surface area contributed by atoms with Gasteiger partial charge >= 0.3 is 0 Å². The van der Waals surface area contributed by atoms with Crippen LogP contribution in [0.2, 0.25) is 0 Å². The first-order chi connectivity index (χ1) is 7.79. The Balaban J connectivity index is 2.07. The normalized spacial score (nSPS) is 23.0. The van der Waals surface area contributed by atoms with Gasteiger partial charge in [-0.3, -0.25) is 0 Å². The molecule has 0 fully saturated rings. The fraction of sp³-hybridized carbons (Fsp3) is 0.286. The topological polar surface area (TPSA) is 40.5 Å². The molecule has 3 atom stereocenters. The third-order valence-electron chi connectivity index (χ3n) is 2.92. The highest BCUT2D eigenvalue weighted by Gasteiger charge is 2.25. The zero-order valence-electron chi connectivity index (χ0n) is 9.03. The van der Waals surface area contributed by atoms with Crippen molar-refractivity contribution in [3.05, 3.63) is 60.2 Å². The van der Waals surface area contributed by atoms with Gasteiger partial charge in [0.2, 0.25) is 0 Å². The summed E-state index contributed by atoms with van der Waals surface area (Å²) in [5.41, 5.74) is 0.762. The van der Waals surface area contributed by atoms with Gasteiger partial charge in [-0.05, 0) is 12.0 Å².